The third-order valence-corrected chi connectivity index (χ3v) is 18.2. The summed E-state index contributed by atoms with van der Waals surface area (Å²) in [6.07, 6.45) is -1.71. The van der Waals surface area contributed by atoms with Gasteiger partial charge in [0.15, 0.2) is 0 Å². The van der Waals surface area contributed by atoms with Crippen LogP contribution in [0.2, 0.25) is 0 Å². The zero-order valence-electron chi connectivity index (χ0n) is 54.9. The number of fused-ring (bicyclic) bond motifs is 1. The van der Waals surface area contributed by atoms with Crippen LogP contribution in [0.3, 0.4) is 0 Å². The maximum absolute atomic E-state index is 15.2. The second kappa shape index (κ2) is 41.3. The molecule has 1 aliphatic heterocycles. The molecule has 4 aromatic rings. The highest BCUT2D eigenvalue weighted by molar-refractivity contribution is 8.76. The maximum Gasteiger partial charge on any atom is 0.335 e. The summed E-state index contributed by atoms with van der Waals surface area (Å²) in [5.41, 5.74) is 7.61. The Labute approximate surface area is 582 Å². The number of rotatable bonds is 35. The molecule has 0 saturated carbocycles. The van der Waals surface area contributed by atoms with Crippen LogP contribution < -0.4 is 48.3 Å². The Hall–Kier alpha value is -9.27. The van der Waals surface area contributed by atoms with Crippen LogP contribution in [-0.2, 0) is 76.8 Å². The number of carbonyl (C=O) groups is 13. The molecule has 0 aliphatic carbocycles. The number of hydrogen-bond acceptors (Lipinski definition) is 22. The van der Waals surface area contributed by atoms with Gasteiger partial charge in [0.25, 0.3) is 0 Å². The number of aliphatic carboxylic acids is 4. The number of nitrogens with one attached hydrogen (secondary N) is 9. The van der Waals surface area contributed by atoms with Crippen LogP contribution in [0.15, 0.2) is 85.1 Å². The van der Waals surface area contributed by atoms with Crippen LogP contribution in [0, 0.1) is 0 Å². The largest absolute Gasteiger partial charge is 0.480 e. The number of aromatic amines is 1. The number of benzene rings is 3. The van der Waals surface area contributed by atoms with Gasteiger partial charge in [-0.25, -0.2) is 4.79 Å². The number of amides is 8. The van der Waals surface area contributed by atoms with E-state index in [1.165, 1.54) is 43.0 Å². The predicted molar refractivity (Wildman–Crippen MR) is 363 cm³/mol. The Morgan fingerprint density at radius 2 is 1.13 bits per heavy atom. The van der Waals surface area contributed by atoms with Crippen molar-refractivity contribution in [1.29, 1.82) is 0 Å². The average molecular weight is 1440 g/mol. The number of aromatic carboxylic acids is 1. The molecular weight excluding hydrogens is 1350 g/mol. The van der Waals surface area contributed by atoms with Crippen molar-refractivity contribution in [2.75, 3.05) is 83.6 Å². The summed E-state index contributed by atoms with van der Waals surface area (Å²) >= 11 is 0. The summed E-state index contributed by atoms with van der Waals surface area (Å²) in [6, 6.07) is 7.82. The molecule has 0 bridgehead atoms. The molecular formula is C64H87N13O21S2. The van der Waals surface area contributed by atoms with E-state index < -0.39 is 195 Å². The highest BCUT2D eigenvalue weighted by Gasteiger charge is 2.37. The highest BCUT2D eigenvalue weighted by atomic mass is 33.1. The van der Waals surface area contributed by atoms with E-state index in [0.717, 1.165) is 31.4 Å². The second-order valence-corrected chi connectivity index (χ2v) is 26.3. The number of nitrogens with two attached hydrogens (primary N) is 1. The van der Waals surface area contributed by atoms with Crippen molar-refractivity contribution in [2.24, 2.45) is 5.73 Å². The van der Waals surface area contributed by atoms with Crippen molar-refractivity contribution in [1.82, 2.24) is 62.2 Å². The Bertz CT molecular complexity index is 3440. The van der Waals surface area contributed by atoms with Crippen LogP contribution in [0.1, 0.15) is 60.2 Å². The summed E-state index contributed by atoms with van der Waals surface area (Å²) in [7, 11) is 1.67. The van der Waals surface area contributed by atoms with Crippen LogP contribution in [0.5, 0.6) is 0 Å². The summed E-state index contributed by atoms with van der Waals surface area (Å²) in [5, 5.41) is 101. The van der Waals surface area contributed by atoms with Crippen molar-refractivity contribution in [3.63, 3.8) is 0 Å². The molecule has 36 heteroatoms. The van der Waals surface area contributed by atoms with Gasteiger partial charge in [-0.3, -0.25) is 72.2 Å². The first-order valence-electron chi connectivity index (χ1n) is 31.8. The Kier molecular flexibility index (Phi) is 33.6. The van der Waals surface area contributed by atoms with Gasteiger partial charge >= 0.3 is 29.8 Å². The summed E-state index contributed by atoms with van der Waals surface area (Å²) in [4.78, 5) is 183. The van der Waals surface area contributed by atoms with Gasteiger partial charge in [-0.05, 0) is 74.5 Å². The van der Waals surface area contributed by atoms with Crippen LogP contribution in [0.4, 0.5) is 0 Å². The lowest BCUT2D eigenvalue weighted by Gasteiger charge is -2.29. The van der Waals surface area contributed by atoms with E-state index in [4.69, 9.17) is 5.73 Å². The number of hydrogen-bond donors (Lipinski definition) is 18. The predicted octanol–water partition coefficient (Wildman–Crippen LogP) is -3.71. The average Bonchev–Trinajstić information content (AvgIpc) is 1.60. The normalized spacial score (nSPS) is 19.6. The number of H-pyrrole nitrogens is 1. The quantitative estimate of drug-likeness (QED) is 0.0156. The maximum atomic E-state index is 15.2. The van der Waals surface area contributed by atoms with E-state index in [0.29, 0.717) is 28.5 Å². The minimum Gasteiger partial charge on any atom is -0.480 e. The number of carbonyl (C=O) groups excluding carboxylic acids is 8. The molecule has 0 spiro atoms. The molecule has 1 aromatic heterocycles. The van der Waals surface area contributed by atoms with Gasteiger partial charge in [0.2, 0.25) is 47.3 Å². The first-order chi connectivity index (χ1) is 47.5. The molecule has 546 valence electrons. The number of unbranched alkanes of at least 4 members (excludes halogenated alkanes) is 1. The molecule has 3 aromatic carbocycles. The molecule has 2 heterocycles. The topological polar surface area (TPSA) is 532 Å². The lowest BCUT2D eigenvalue weighted by atomic mass is 10.0. The van der Waals surface area contributed by atoms with Gasteiger partial charge < -0.3 is 94.1 Å². The Morgan fingerprint density at radius 3 is 1.71 bits per heavy atom. The van der Waals surface area contributed by atoms with Gasteiger partial charge in [0, 0.05) is 74.0 Å². The van der Waals surface area contributed by atoms with Gasteiger partial charge in [-0.15, -0.1) is 0 Å². The van der Waals surface area contributed by atoms with E-state index in [1.807, 2.05) is 0 Å². The van der Waals surface area contributed by atoms with Crippen LogP contribution in [-0.4, -0.2) is 282 Å². The number of aliphatic hydroxyl groups excluding tert-OH is 3. The molecule has 1 saturated heterocycles. The smallest absolute Gasteiger partial charge is 0.335 e. The summed E-state index contributed by atoms with van der Waals surface area (Å²) in [6.45, 7) is -2.95. The Morgan fingerprint density at radius 1 is 0.590 bits per heavy atom. The first-order valence-corrected chi connectivity index (χ1v) is 34.3. The molecule has 10 atom stereocenters. The first kappa shape index (κ1) is 81.4. The van der Waals surface area contributed by atoms with Crippen molar-refractivity contribution in [3.05, 3.63) is 107 Å². The number of aromatic nitrogens is 1. The van der Waals surface area contributed by atoms with Crippen LogP contribution >= 0.6 is 21.6 Å². The number of aliphatic hydroxyl groups is 3. The summed E-state index contributed by atoms with van der Waals surface area (Å²) < 4.78 is 0. The zero-order valence-corrected chi connectivity index (χ0v) is 56.5. The number of carboxylic acid groups (broad SMARTS) is 5. The SMILES string of the molecule is C[C@@H](O)C1NC(=O)[C@H](CCCCN)NC(=O)[C@@H](Cc2c[nH]c3ccccc23)NC(=O)C(Cc2ccccc2)NC(=O)[C@@H](NC(=O)[C@H](Cc2ccc(C(=O)O)cc2)NC(=O)CN(CCN(CCN(CC(=O)O)CC(=O)O)CC(=O)O)CC(=O)O)CSSCC(C(=O)N[C@H](CO)[C@@H](C)O)NC1=O. The molecule has 8 amide bonds. The van der Waals surface area contributed by atoms with E-state index >= 15 is 14.4 Å². The molecule has 19 N–H and O–H groups in total. The fourth-order valence-corrected chi connectivity index (χ4v) is 12.8. The van der Waals surface area contributed by atoms with Gasteiger partial charge in [0.05, 0.1) is 63.1 Å². The van der Waals surface area contributed by atoms with Crippen molar-refractivity contribution in [3.8, 4) is 0 Å². The van der Waals surface area contributed by atoms with Gasteiger partial charge in [-0.2, -0.15) is 0 Å². The molecule has 0 radical (unpaired) electrons. The minimum atomic E-state index is -1.81. The van der Waals surface area contributed by atoms with Crippen molar-refractivity contribution in [2.45, 2.75) is 113 Å². The lowest BCUT2D eigenvalue weighted by Crippen LogP contribution is -2.62. The standard InChI is InChI=1S/C64H87N13O21S2/c1-36(79)48(33-78)71-62(95)50-35-100-99-34-49(72-58(91)45(25-39-15-17-40(18-16-39)64(97)98)67-51(81)28-76(30-53(84)85)22-20-75(29-52(82)83)21-23-77(31-54(86)87)32-55(88)89)61(94)69-46(24-38-10-4-3-5-11-38)59(92)70-47(26-41-27-66-43-13-7-6-12-42(41)43)60(93)68-44(14-8-9-19-65)57(90)74-56(37(2)80)63(96)73-50/h3-7,10-13,15-18,27,36-37,44-50,56,66,78-80H,8-9,14,19-26,28-35,65H2,1-2H3,(H,67,81)(H,68,93)(H,69,94)(H,70,92)(H,71,95)(H,72,91)(H,73,96)(H,74,90)(H,82,83)(H,84,85)(H,86,87)(H,88,89)(H,97,98)/t36-,37-,44+,45+,46?,47-,48-,49+,50?,56?/m1/s1. The zero-order chi connectivity index (χ0) is 73.6. The molecule has 34 nitrogen and oxygen atoms in total. The Balaban J connectivity index is 1.60. The minimum absolute atomic E-state index is 0.0734. The molecule has 3 unspecified atom stereocenters. The van der Waals surface area contributed by atoms with Crippen molar-refractivity contribution < 1.29 is 103 Å². The van der Waals surface area contributed by atoms with E-state index in [2.05, 4.69) is 47.5 Å². The number of carboxylic acids is 5. The summed E-state index contributed by atoms with van der Waals surface area (Å²) in [5.74, 6) is -15.7. The third-order valence-electron chi connectivity index (χ3n) is 15.8. The second-order valence-electron chi connectivity index (χ2n) is 23.8. The van der Waals surface area contributed by atoms with E-state index in [1.54, 1.807) is 60.8 Å². The fraction of sp³-hybridized carbons (Fsp3) is 0.484. The number of nitrogens with zero attached hydrogens (tertiary/aromatic N) is 3. The highest BCUT2D eigenvalue weighted by Crippen LogP contribution is 2.25. The van der Waals surface area contributed by atoms with Gasteiger partial charge in [-0.1, -0.05) is 82.3 Å². The van der Waals surface area contributed by atoms with Gasteiger partial charge in [0.1, 0.15) is 42.3 Å². The third kappa shape index (κ3) is 27.8. The van der Waals surface area contributed by atoms with Crippen LogP contribution in [0.25, 0.3) is 10.9 Å². The molecule has 100 heavy (non-hydrogen) atoms. The van der Waals surface area contributed by atoms with E-state index in [-0.39, 0.29) is 69.5 Å². The van der Waals surface area contributed by atoms with E-state index in [9.17, 15) is 88.8 Å². The number of para-hydroxylation sites is 1. The molecule has 1 fully saturated rings. The van der Waals surface area contributed by atoms with Crippen molar-refractivity contribution >= 4 is 110 Å². The lowest BCUT2D eigenvalue weighted by molar-refractivity contribution is -0.143. The monoisotopic (exact) mass is 1440 g/mol. The fourth-order valence-electron chi connectivity index (χ4n) is 10.5. The molecule has 5 rings (SSSR count). The molecule has 1 aliphatic rings.